The maximum atomic E-state index is 6.38. The van der Waals surface area contributed by atoms with Gasteiger partial charge in [0.1, 0.15) is 0 Å². The number of nitrogens with zero attached hydrogens (tertiary/aromatic N) is 3. The quantitative estimate of drug-likeness (QED) is 0.0728. The van der Waals surface area contributed by atoms with Crippen molar-refractivity contribution < 1.29 is 0 Å². The number of aromatic nitrogens is 3. The van der Waals surface area contributed by atoms with Crippen LogP contribution in [0.25, 0.3) is 101 Å². The lowest BCUT2D eigenvalue weighted by atomic mass is 9.94. The first-order chi connectivity index (χ1) is 33.6. The summed E-state index contributed by atoms with van der Waals surface area (Å²) in [6.45, 7) is 4.00. The van der Waals surface area contributed by atoms with E-state index in [-0.39, 0.29) is 0 Å². The van der Waals surface area contributed by atoms with Gasteiger partial charge in [-0.3, -0.25) is 0 Å². The Morgan fingerprint density at radius 1 is 0.261 bits per heavy atom. The first-order valence-electron chi connectivity index (χ1n) is 22.9. The van der Waals surface area contributed by atoms with Crippen molar-refractivity contribution in [2.24, 2.45) is 0 Å². The average molecular weight is 900 g/mol. The first-order valence-corrected chi connectivity index (χ1v) is 22.9. The zero-order chi connectivity index (χ0) is 48.0. The van der Waals surface area contributed by atoms with Crippen LogP contribution in [0.1, 0.15) is 13.8 Å². The van der Waals surface area contributed by atoms with Gasteiger partial charge >= 0.3 is 0 Å². The van der Waals surface area contributed by atoms with Crippen molar-refractivity contribution in [1.29, 1.82) is 0 Å². The molecule has 0 radical (unpaired) electrons. The van der Waals surface area contributed by atoms with Crippen molar-refractivity contribution in [1.82, 2.24) is 15.0 Å². The molecule has 9 aromatic carbocycles. The SMILES string of the molecule is CC.CNc1cccc(-c2cc(-c3cccc(N)c3)cc(-c3nc(-c4cc(-c5cccc(N)c5)cc(-c5cccc(N)c5)c4)nc(-c4cc(-c5cccc(N)c5)cc(-c5cccc(N)c5)c4)n3)c2)c1. The van der Waals surface area contributed by atoms with Gasteiger partial charge in [-0.1, -0.05) is 86.6 Å². The van der Waals surface area contributed by atoms with Crippen LogP contribution in [0.3, 0.4) is 0 Å². The van der Waals surface area contributed by atoms with E-state index >= 15 is 0 Å². The standard InChI is InChI=1S/C58H47N9.C2H6/c1-64-55-19-7-13-40(34-55)46-22-45(39-12-6-18-54(63)33-39)27-49(28-46)58-66-56(47-23-41(35-8-2-14-50(59)29-35)20-42(24-47)36-9-3-15-51(60)30-36)65-57(67-58)48-25-43(37-10-4-16-52(61)31-37)21-44(26-48)38-11-5-17-53(62)32-38;1-2/h2-34,64H,59-63H2,1H3;1-2H3. The minimum Gasteiger partial charge on any atom is -0.399 e. The molecule has 11 N–H and O–H groups in total. The van der Waals surface area contributed by atoms with Gasteiger partial charge in [0, 0.05) is 57.9 Å². The van der Waals surface area contributed by atoms with Crippen molar-refractivity contribution in [2.45, 2.75) is 13.8 Å². The molecule has 10 aromatic rings. The number of nitrogens with two attached hydrogens (primary N) is 5. The predicted molar refractivity (Wildman–Crippen MR) is 292 cm³/mol. The Hall–Kier alpha value is -9.21. The minimum absolute atomic E-state index is 0.476. The molecule has 10 rings (SSSR count). The molecular formula is C60H53N9. The lowest BCUT2D eigenvalue weighted by molar-refractivity contribution is 1.07. The Kier molecular flexibility index (Phi) is 12.8. The molecule has 0 spiro atoms. The van der Waals surface area contributed by atoms with Gasteiger partial charge in [-0.25, -0.2) is 15.0 Å². The Bertz CT molecular complexity index is 3200. The highest BCUT2D eigenvalue weighted by Gasteiger charge is 2.19. The highest BCUT2D eigenvalue weighted by atomic mass is 15.0. The van der Waals surface area contributed by atoms with Crippen LogP contribution in [0.2, 0.25) is 0 Å². The predicted octanol–water partition coefficient (Wildman–Crippen LogP) is 13.9. The third-order valence-corrected chi connectivity index (χ3v) is 11.8. The van der Waals surface area contributed by atoms with E-state index in [1.54, 1.807) is 0 Å². The molecule has 338 valence electrons. The molecule has 0 fully saturated rings. The monoisotopic (exact) mass is 899 g/mol. The molecule has 69 heavy (non-hydrogen) atoms. The van der Waals surface area contributed by atoms with Gasteiger partial charge in [-0.05, 0) is 194 Å². The molecule has 1 aromatic heterocycles. The van der Waals surface area contributed by atoms with Crippen LogP contribution in [-0.4, -0.2) is 22.0 Å². The summed E-state index contributed by atoms with van der Waals surface area (Å²) in [5.41, 5.74) is 50.0. The maximum Gasteiger partial charge on any atom is 0.164 e. The minimum atomic E-state index is 0.476. The third kappa shape index (κ3) is 10.1. The second-order valence-electron chi connectivity index (χ2n) is 16.7. The number of hydrogen-bond acceptors (Lipinski definition) is 9. The van der Waals surface area contributed by atoms with Crippen LogP contribution < -0.4 is 34.0 Å². The zero-order valence-electron chi connectivity index (χ0n) is 38.8. The second kappa shape index (κ2) is 19.7. The molecule has 0 saturated heterocycles. The number of nitrogen functional groups attached to an aromatic ring is 5. The zero-order valence-corrected chi connectivity index (χ0v) is 38.8. The Morgan fingerprint density at radius 3 is 0.710 bits per heavy atom. The molecule has 0 aliphatic heterocycles. The number of anilines is 6. The average Bonchev–Trinajstić information content (AvgIpc) is 3.38. The molecule has 0 bridgehead atoms. The van der Waals surface area contributed by atoms with Crippen LogP contribution in [0.5, 0.6) is 0 Å². The summed E-state index contributed by atoms with van der Waals surface area (Å²) in [6.07, 6.45) is 0. The van der Waals surface area contributed by atoms with Crippen LogP contribution >= 0.6 is 0 Å². The first kappa shape index (κ1) is 45.0. The highest BCUT2D eigenvalue weighted by Crippen LogP contribution is 2.39. The lowest BCUT2D eigenvalue weighted by Crippen LogP contribution is -2.02. The van der Waals surface area contributed by atoms with Gasteiger partial charge in [0.25, 0.3) is 0 Å². The van der Waals surface area contributed by atoms with E-state index in [9.17, 15) is 0 Å². The van der Waals surface area contributed by atoms with Gasteiger partial charge in [-0.2, -0.15) is 0 Å². The summed E-state index contributed by atoms with van der Waals surface area (Å²) in [6, 6.07) is 66.8. The Labute approximate surface area is 403 Å². The van der Waals surface area contributed by atoms with Gasteiger partial charge in [0.05, 0.1) is 0 Å². The van der Waals surface area contributed by atoms with Crippen LogP contribution in [-0.2, 0) is 0 Å². The van der Waals surface area contributed by atoms with Crippen molar-refractivity contribution in [3.63, 3.8) is 0 Å². The van der Waals surface area contributed by atoms with Gasteiger partial charge in [0.2, 0.25) is 0 Å². The van der Waals surface area contributed by atoms with E-state index in [4.69, 9.17) is 43.6 Å². The number of nitrogens with one attached hydrogen (secondary N) is 1. The van der Waals surface area contributed by atoms with Crippen molar-refractivity contribution >= 4 is 34.1 Å². The Morgan fingerprint density at radius 2 is 0.478 bits per heavy atom. The van der Waals surface area contributed by atoms with Gasteiger partial charge < -0.3 is 34.0 Å². The van der Waals surface area contributed by atoms with Gasteiger partial charge in [-0.15, -0.1) is 0 Å². The summed E-state index contributed by atoms with van der Waals surface area (Å²) in [5, 5.41) is 3.29. The molecule has 0 aliphatic rings. The molecular weight excluding hydrogens is 847 g/mol. The molecule has 9 nitrogen and oxygen atoms in total. The second-order valence-corrected chi connectivity index (χ2v) is 16.7. The molecule has 1 heterocycles. The van der Waals surface area contributed by atoms with E-state index < -0.39 is 0 Å². The molecule has 0 amide bonds. The topological polar surface area (TPSA) is 181 Å². The van der Waals surface area contributed by atoms with Crippen LogP contribution in [0.4, 0.5) is 34.1 Å². The van der Waals surface area contributed by atoms with E-state index in [2.05, 4.69) is 102 Å². The molecule has 0 saturated carbocycles. The van der Waals surface area contributed by atoms with Crippen LogP contribution in [0.15, 0.2) is 200 Å². The van der Waals surface area contributed by atoms with E-state index in [0.29, 0.717) is 45.9 Å². The third-order valence-electron chi connectivity index (χ3n) is 11.8. The summed E-state index contributed by atoms with van der Waals surface area (Å²) < 4.78 is 0. The normalized spacial score (nSPS) is 10.8. The fourth-order valence-electron chi connectivity index (χ4n) is 8.48. The van der Waals surface area contributed by atoms with Crippen molar-refractivity contribution in [3.05, 3.63) is 200 Å². The van der Waals surface area contributed by atoms with E-state index in [1.807, 2.05) is 124 Å². The van der Waals surface area contributed by atoms with E-state index in [1.165, 1.54) is 0 Å². The fraction of sp³-hybridized carbons (Fsp3) is 0.0500. The highest BCUT2D eigenvalue weighted by molar-refractivity contribution is 5.86. The maximum absolute atomic E-state index is 6.38. The van der Waals surface area contributed by atoms with Crippen molar-refractivity contribution in [2.75, 3.05) is 41.0 Å². The summed E-state index contributed by atoms with van der Waals surface area (Å²) in [4.78, 5) is 16.1. The van der Waals surface area contributed by atoms with Crippen LogP contribution in [0, 0.1) is 0 Å². The molecule has 0 aliphatic carbocycles. The largest absolute Gasteiger partial charge is 0.399 e. The summed E-state index contributed by atoms with van der Waals surface area (Å²) in [5.74, 6) is 1.43. The van der Waals surface area contributed by atoms with Crippen molar-refractivity contribution in [3.8, 4) is 101 Å². The summed E-state index contributed by atoms with van der Waals surface area (Å²) >= 11 is 0. The molecule has 9 heteroatoms. The smallest absolute Gasteiger partial charge is 0.164 e. The number of benzene rings is 9. The molecule has 0 unspecified atom stereocenters. The summed E-state index contributed by atoms with van der Waals surface area (Å²) in [7, 11) is 1.92. The lowest BCUT2D eigenvalue weighted by Gasteiger charge is -2.15. The fourth-order valence-corrected chi connectivity index (χ4v) is 8.48. The Balaban J connectivity index is 0.00000293. The molecule has 0 atom stereocenters. The number of hydrogen-bond donors (Lipinski definition) is 6. The van der Waals surface area contributed by atoms with Gasteiger partial charge in [0.15, 0.2) is 17.5 Å². The number of rotatable bonds is 10. The van der Waals surface area contributed by atoms with E-state index in [0.717, 1.165) is 89.1 Å².